The average Bonchev–Trinajstić information content (AvgIpc) is 3.19. The quantitative estimate of drug-likeness (QED) is 0.108. The molecule has 3 N–H and O–H groups in total. The number of nitrogens with one attached hydrogen (secondary N) is 1. The number of rotatable bonds is 5. The fraction of sp³-hybridized carbons (Fsp3) is 0.333. The summed E-state index contributed by atoms with van der Waals surface area (Å²) in [5, 5.41) is 13.5. The summed E-state index contributed by atoms with van der Waals surface area (Å²) in [4.78, 5) is 0. The lowest BCUT2D eigenvalue weighted by Crippen LogP contribution is -1.98. The van der Waals surface area contributed by atoms with Gasteiger partial charge < -0.3 is 15.8 Å². The molecule has 6 aromatic rings. The highest BCUT2D eigenvalue weighted by Crippen LogP contribution is 2.38. The third-order valence-corrected chi connectivity index (χ3v) is 8.00. The maximum Gasteiger partial charge on any atom is 0.0420 e. The highest BCUT2D eigenvalue weighted by molar-refractivity contribution is 6.13. The van der Waals surface area contributed by atoms with Crippen molar-refractivity contribution in [2.75, 3.05) is 32.3 Å². The van der Waals surface area contributed by atoms with E-state index < -0.39 is 0 Å². The van der Waals surface area contributed by atoms with Crippen LogP contribution in [0.4, 0.5) is 11.4 Å². The predicted molar refractivity (Wildman–Crippen MR) is 236 cm³/mol. The Morgan fingerprint density at radius 2 is 1.18 bits per heavy atom. The van der Waals surface area contributed by atoms with E-state index in [-0.39, 0.29) is 0 Å². The van der Waals surface area contributed by atoms with Gasteiger partial charge in [-0.3, -0.25) is 0 Å². The summed E-state index contributed by atoms with van der Waals surface area (Å²) in [7, 11) is 5.25. The van der Waals surface area contributed by atoms with E-state index in [1.165, 1.54) is 72.8 Å². The van der Waals surface area contributed by atoms with E-state index in [1.54, 1.807) is 14.2 Å². The van der Waals surface area contributed by atoms with Crippen molar-refractivity contribution in [3.8, 4) is 12.8 Å². The van der Waals surface area contributed by atoms with Gasteiger partial charge in [-0.1, -0.05) is 153 Å². The number of terminal acetylenes is 1. The van der Waals surface area contributed by atoms with Crippen molar-refractivity contribution in [3.63, 3.8) is 0 Å². The van der Waals surface area contributed by atoms with Gasteiger partial charge >= 0.3 is 0 Å². The molecule has 0 amide bonds. The molecule has 0 aliphatic carbocycles. The lowest BCUT2D eigenvalue weighted by atomic mass is 9.88. The van der Waals surface area contributed by atoms with E-state index in [9.17, 15) is 0 Å². The minimum Gasteiger partial charge on any atom is -0.398 e. The first kappa shape index (κ1) is 46.2. The van der Waals surface area contributed by atoms with Crippen LogP contribution in [-0.4, -0.2) is 21.3 Å². The van der Waals surface area contributed by atoms with Gasteiger partial charge in [0.25, 0.3) is 0 Å². The van der Waals surface area contributed by atoms with E-state index in [0.717, 1.165) is 23.2 Å². The average molecular weight is 687 g/mol. The first-order chi connectivity index (χ1) is 24.9. The number of benzene rings is 6. The van der Waals surface area contributed by atoms with E-state index >= 15 is 0 Å². The number of methoxy groups -OCH3 is 1. The number of ether oxygens (including phenoxy) is 1. The molecule has 3 heteroatoms. The molecule has 0 atom stereocenters. The Kier molecular flexibility index (Phi) is 23.6. The third-order valence-electron chi connectivity index (χ3n) is 8.00. The molecule has 51 heavy (non-hydrogen) atoms. The lowest BCUT2D eigenvalue weighted by Gasteiger charge is -2.17. The number of aryl methyl sites for hydroxylation is 1. The molecular formula is C48H66N2O. The second-order valence-corrected chi connectivity index (χ2v) is 11.2. The summed E-state index contributed by atoms with van der Waals surface area (Å²) >= 11 is 0. The Bertz CT molecular complexity index is 1930. The van der Waals surface area contributed by atoms with Gasteiger partial charge in [-0.05, 0) is 87.5 Å². The smallest absolute Gasteiger partial charge is 0.0420 e. The lowest BCUT2D eigenvalue weighted by molar-refractivity contribution is 0.277. The molecule has 0 aromatic heterocycles. The molecule has 274 valence electrons. The number of hydrogen-bond donors (Lipinski definition) is 2. The van der Waals surface area contributed by atoms with Crippen LogP contribution >= 0.6 is 0 Å². The zero-order valence-electron chi connectivity index (χ0n) is 34.0. The fourth-order valence-corrected chi connectivity index (χ4v) is 5.85. The molecule has 3 nitrogen and oxygen atoms in total. The van der Waals surface area contributed by atoms with Crippen molar-refractivity contribution in [1.29, 1.82) is 0 Å². The molecule has 0 bridgehead atoms. The van der Waals surface area contributed by atoms with Gasteiger partial charge in [-0.25, -0.2) is 0 Å². The zero-order valence-corrected chi connectivity index (χ0v) is 34.0. The summed E-state index contributed by atoms with van der Waals surface area (Å²) in [6.45, 7) is 20.8. The maximum atomic E-state index is 6.59. The summed E-state index contributed by atoms with van der Waals surface area (Å²) in [5.74, 6) is 0. The number of nitrogens with two attached hydrogens (primary N) is 1. The molecule has 6 aromatic carbocycles. The number of allylic oxidation sites excluding steroid dienone is 1. The molecule has 0 aliphatic heterocycles. The number of unbranched alkanes of at least 4 members (excludes halogenated alkanes) is 1. The molecule has 0 fully saturated rings. The minimum absolute atomic E-state index is 0.827. The van der Waals surface area contributed by atoms with Crippen LogP contribution in [0.3, 0.4) is 0 Å². The van der Waals surface area contributed by atoms with E-state index in [0.29, 0.717) is 0 Å². The second-order valence-electron chi connectivity index (χ2n) is 11.2. The summed E-state index contributed by atoms with van der Waals surface area (Å²) in [6.07, 6.45) is 13.9. The molecule has 6 rings (SSSR count). The van der Waals surface area contributed by atoms with Crippen LogP contribution < -0.4 is 11.1 Å². The predicted octanol–water partition coefficient (Wildman–Crippen LogP) is 14.3. The van der Waals surface area contributed by atoms with Crippen LogP contribution in [0, 0.1) is 19.8 Å². The summed E-state index contributed by atoms with van der Waals surface area (Å²) in [5.41, 5.74) is 13.7. The van der Waals surface area contributed by atoms with Crippen LogP contribution in [0.15, 0.2) is 96.6 Å². The van der Waals surface area contributed by atoms with Crippen molar-refractivity contribution in [2.24, 2.45) is 0 Å². The Balaban J connectivity index is 0.00000146. The molecule has 0 aliphatic rings. The van der Waals surface area contributed by atoms with Gasteiger partial charge in [0.2, 0.25) is 0 Å². The van der Waals surface area contributed by atoms with Crippen LogP contribution in [-0.2, 0) is 11.2 Å². The second kappa shape index (κ2) is 26.1. The highest BCUT2D eigenvalue weighted by atomic mass is 16.4. The topological polar surface area (TPSA) is 47.3 Å². The van der Waals surface area contributed by atoms with Gasteiger partial charge in [0, 0.05) is 43.4 Å². The standard InChI is InChI=1S/C34H30N2.C4H10.C2H6O.3C2H6.C2H2/c1-21(18-29-27-13-5-4-10-23(27)20-24-11-8-17-32(36-3)33(24)29)19-30-28-14-7-6-12-25(28)22(2)26-15-9-16-31(35)34(26)30;1-3-4-2;1-3-2;4*1-2/h4-17,19-20,36H,18,35H2,1-3H3;3-4H2,1-2H3;1-2H3;3*1-2H3;1-2H/b21-19+;;;;;;. The van der Waals surface area contributed by atoms with Gasteiger partial charge in [0.1, 0.15) is 0 Å². The number of hydrogen-bond acceptors (Lipinski definition) is 3. The van der Waals surface area contributed by atoms with Gasteiger partial charge in [0.05, 0.1) is 0 Å². The normalized spacial score (nSPS) is 9.90. The third kappa shape index (κ3) is 11.9. The highest BCUT2D eigenvalue weighted by Gasteiger charge is 2.15. The fourth-order valence-electron chi connectivity index (χ4n) is 5.85. The monoisotopic (exact) mass is 687 g/mol. The van der Waals surface area contributed by atoms with Crippen molar-refractivity contribution >= 4 is 60.5 Å². The molecule has 0 saturated carbocycles. The minimum atomic E-state index is 0.827. The SMILES string of the molecule is C#C.CC.CC.CC.CCCC.CNc1cccc2cc3ccccc3c(C/C(C)=C/c3c4ccccc4c(C)c4cccc(N)c34)c12.COC. The van der Waals surface area contributed by atoms with Crippen LogP contribution in [0.2, 0.25) is 0 Å². The van der Waals surface area contributed by atoms with Gasteiger partial charge in [0.15, 0.2) is 0 Å². The maximum absolute atomic E-state index is 6.59. The molecular weight excluding hydrogens is 621 g/mol. The van der Waals surface area contributed by atoms with Crippen LogP contribution in [0.5, 0.6) is 0 Å². The number of nitrogen functional groups attached to an aromatic ring is 1. The largest absolute Gasteiger partial charge is 0.398 e. The Morgan fingerprint density at radius 1 is 0.686 bits per heavy atom. The summed E-state index contributed by atoms with van der Waals surface area (Å²) in [6, 6.07) is 32.5. The van der Waals surface area contributed by atoms with E-state index in [1.807, 2.05) is 54.7 Å². The molecule has 0 saturated heterocycles. The number of fused-ring (bicyclic) bond motifs is 4. The van der Waals surface area contributed by atoms with E-state index in [4.69, 9.17) is 5.73 Å². The van der Waals surface area contributed by atoms with Crippen molar-refractivity contribution in [3.05, 3.63) is 113 Å². The van der Waals surface area contributed by atoms with Crippen molar-refractivity contribution < 1.29 is 4.74 Å². The Morgan fingerprint density at radius 3 is 1.75 bits per heavy atom. The molecule has 0 unspecified atom stereocenters. The van der Waals surface area contributed by atoms with Crippen molar-refractivity contribution in [2.45, 2.75) is 88.5 Å². The molecule has 0 spiro atoms. The van der Waals surface area contributed by atoms with Crippen molar-refractivity contribution in [1.82, 2.24) is 0 Å². The molecule has 0 radical (unpaired) electrons. The Hall–Kier alpha value is -4.78. The van der Waals surface area contributed by atoms with E-state index in [2.05, 4.69) is 142 Å². The first-order valence-electron chi connectivity index (χ1n) is 18.6. The van der Waals surface area contributed by atoms with Crippen LogP contribution in [0.25, 0.3) is 49.2 Å². The Labute approximate surface area is 311 Å². The summed E-state index contributed by atoms with van der Waals surface area (Å²) < 4.78 is 4.25. The van der Waals surface area contributed by atoms with Crippen LogP contribution in [0.1, 0.15) is 91.8 Å². The number of anilines is 2. The van der Waals surface area contributed by atoms with Gasteiger partial charge in [-0.15, -0.1) is 12.8 Å². The molecule has 0 heterocycles. The first-order valence-corrected chi connectivity index (χ1v) is 18.6. The van der Waals surface area contributed by atoms with Gasteiger partial charge in [-0.2, -0.15) is 0 Å². The zero-order chi connectivity index (χ0) is 38.9.